The number of amides is 1. The molecule has 10 heteroatoms. The number of non-ortho nitro benzene ring substituents is 1. The Morgan fingerprint density at radius 1 is 1.09 bits per heavy atom. The molecule has 0 radical (unpaired) electrons. The van der Waals surface area contributed by atoms with Gasteiger partial charge in [-0.2, -0.15) is 11.8 Å². The first-order valence-corrected chi connectivity index (χ1v) is 11.5. The average molecular weight is 475 g/mol. The van der Waals surface area contributed by atoms with Crippen molar-refractivity contribution in [1.82, 2.24) is 4.90 Å². The number of methoxy groups -OCH3 is 1. The van der Waals surface area contributed by atoms with Gasteiger partial charge in [0.05, 0.1) is 18.6 Å². The zero-order chi connectivity index (χ0) is 23.8. The minimum atomic E-state index is -0.706. The average Bonchev–Trinajstić information content (AvgIpc) is 3.26. The van der Waals surface area contributed by atoms with Gasteiger partial charge >= 0.3 is 12.1 Å². The highest BCUT2D eigenvalue weighted by molar-refractivity contribution is 7.99. The molecule has 1 aliphatic heterocycles. The van der Waals surface area contributed by atoms with Crippen LogP contribution in [0, 0.1) is 10.1 Å². The summed E-state index contributed by atoms with van der Waals surface area (Å²) in [5.41, 5.74) is 1.70. The molecule has 0 bridgehead atoms. The summed E-state index contributed by atoms with van der Waals surface area (Å²) in [5.74, 6) is 1.07. The van der Waals surface area contributed by atoms with E-state index in [1.54, 1.807) is 25.8 Å². The number of nitrogens with zero attached hydrogens (tertiary/aromatic N) is 2. The second-order valence-corrected chi connectivity index (χ2v) is 8.70. The Balaban J connectivity index is 1.59. The Hall–Kier alpha value is -3.27. The van der Waals surface area contributed by atoms with Crippen LogP contribution in [0.25, 0.3) is 0 Å². The number of hydrogen-bond acceptors (Lipinski definition) is 8. The molecule has 0 spiro atoms. The van der Waals surface area contributed by atoms with E-state index < -0.39 is 23.0 Å². The van der Waals surface area contributed by atoms with Gasteiger partial charge in [-0.1, -0.05) is 12.1 Å². The second-order valence-electron chi connectivity index (χ2n) is 7.42. The molecule has 2 aromatic carbocycles. The van der Waals surface area contributed by atoms with Gasteiger partial charge in [-0.25, -0.2) is 9.59 Å². The van der Waals surface area contributed by atoms with Crippen LogP contribution in [-0.2, 0) is 26.6 Å². The highest BCUT2D eigenvalue weighted by Gasteiger charge is 2.41. The van der Waals surface area contributed by atoms with E-state index in [-0.39, 0.29) is 24.2 Å². The van der Waals surface area contributed by atoms with Crippen molar-refractivity contribution in [3.63, 3.8) is 0 Å². The molecular weight excluding hydrogens is 448 g/mol. The number of nitro benzene ring substituents is 1. The van der Waals surface area contributed by atoms with Crippen LogP contribution in [0.3, 0.4) is 0 Å². The van der Waals surface area contributed by atoms with Crippen molar-refractivity contribution in [1.29, 1.82) is 0 Å². The summed E-state index contributed by atoms with van der Waals surface area (Å²) in [6.07, 6.45) is -0.134. The van der Waals surface area contributed by atoms with Gasteiger partial charge in [0.25, 0.3) is 5.69 Å². The highest BCUT2D eigenvalue weighted by Crippen LogP contribution is 2.31. The predicted molar refractivity (Wildman–Crippen MR) is 123 cm³/mol. The fourth-order valence-electron chi connectivity index (χ4n) is 3.46. The number of likely N-dealkylation sites (tertiary alicyclic amines) is 1. The first kappa shape index (κ1) is 24.4. The molecule has 33 heavy (non-hydrogen) atoms. The van der Waals surface area contributed by atoms with Gasteiger partial charge in [-0.3, -0.25) is 15.0 Å². The monoisotopic (exact) mass is 474 g/mol. The van der Waals surface area contributed by atoms with Crippen molar-refractivity contribution in [2.45, 2.75) is 37.0 Å². The van der Waals surface area contributed by atoms with E-state index in [2.05, 4.69) is 0 Å². The molecule has 1 saturated heterocycles. The largest absolute Gasteiger partial charge is 0.497 e. The molecule has 1 heterocycles. The molecule has 0 aliphatic carbocycles. The maximum absolute atomic E-state index is 12.8. The second kappa shape index (κ2) is 11.6. The van der Waals surface area contributed by atoms with Crippen molar-refractivity contribution in [3.8, 4) is 5.75 Å². The van der Waals surface area contributed by atoms with Crippen molar-refractivity contribution in [2.24, 2.45) is 0 Å². The van der Waals surface area contributed by atoms with Crippen LogP contribution in [-0.4, -0.2) is 53.4 Å². The number of esters is 1. The van der Waals surface area contributed by atoms with Crippen molar-refractivity contribution >= 4 is 29.5 Å². The number of thioether (sulfide) groups is 1. The zero-order valence-corrected chi connectivity index (χ0v) is 19.3. The summed E-state index contributed by atoms with van der Waals surface area (Å²) in [5, 5.41) is 10.8. The molecule has 1 aliphatic rings. The molecule has 3 rings (SSSR count). The number of carbonyl (C=O) groups excluding carboxylic acids is 2. The third kappa shape index (κ3) is 6.61. The van der Waals surface area contributed by atoms with E-state index in [1.165, 1.54) is 29.2 Å². The number of hydrogen-bond donors (Lipinski definition) is 0. The summed E-state index contributed by atoms with van der Waals surface area (Å²) >= 11 is 1.67. The minimum absolute atomic E-state index is 0.0382. The van der Waals surface area contributed by atoms with Crippen molar-refractivity contribution in [2.75, 3.05) is 20.3 Å². The van der Waals surface area contributed by atoms with Gasteiger partial charge in [0.2, 0.25) is 0 Å². The summed E-state index contributed by atoms with van der Waals surface area (Å²) in [6.45, 7) is 2.26. The first-order chi connectivity index (χ1) is 15.9. The van der Waals surface area contributed by atoms with E-state index in [0.717, 1.165) is 17.1 Å². The molecule has 0 saturated carbocycles. The molecule has 0 N–H and O–H groups in total. The number of carbonyl (C=O) groups is 2. The number of nitro groups is 1. The molecule has 1 fully saturated rings. The van der Waals surface area contributed by atoms with E-state index in [4.69, 9.17) is 14.2 Å². The van der Waals surface area contributed by atoms with Crippen LogP contribution in [0.4, 0.5) is 10.5 Å². The molecule has 2 atom stereocenters. The molecule has 176 valence electrons. The fourth-order valence-corrected chi connectivity index (χ4v) is 4.66. The molecule has 2 unspecified atom stereocenters. The third-order valence-electron chi connectivity index (χ3n) is 5.21. The summed E-state index contributed by atoms with van der Waals surface area (Å²) < 4.78 is 15.7. The summed E-state index contributed by atoms with van der Waals surface area (Å²) in [7, 11) is 1.62. The minimum Gasteiger partial charge on any atom is -0.497 e. The molecule has 0 aromatic heterocycles. The van der Waals surface area contributed by atoms with Gasteiger partial charge in [-0.05, 0) is 48.7 Å². The zero-order valence-electron chi connectivity index (χ0n) is 18.5. The highest BCUT2D eigenvalue weighted by atomic mass is 32.2. The fraction of sp³-hybridized carbons (Fsp3) is 0.391. The van der Waals surface area contributed by atoms with Crippen molar-refractivity contribution in [3.05, 3.63) is 69.8 Å². The molecule has 1 amide bonds. The first-order valence-electron chi connectivity index (χ1n) is 10.5. The normalized spacial score (nSPS) is 17.5. The lowest BCUT2D eigenvalue weighted by atomic mass is 10.2. The van der Waals surface area contributed by atoms with Crippen LogP contribution < -0.4 is 4.74 Å². The van der Waals surface area contributed by atoms with Gasteiger partial charge in [0, 0.05) is 29.7 Å². The summed E-state index contributed by atoms with van der Waals surface area (Å²) in [6, 6.07) is 12.8. The Morgan fingerprint density at radius 3 is 2.36 bits per heavy atom. The maximum Gasteiger partial charge on any atom is 0.410 e. The van der Waals surface area contributed by atoms with Gasteiger partial charge in [0.15, 0.2) is 0 Å². The molecule has 2 aromatic rings. The predicted octanol–water partition coefficient (Wildman–Crippen LogP) is 4.18. The van der Waals surface area contributed by atoms with Gasteiger partial charge < -0.3 is 14.2 Å². The van der Waals surface area contributed by atoms with Gasteiger partial charge in [0.1, 0.15) is 18.4 Å². The lowest BCUT2D eigenvalue weighted by molar-refractivity contribution is -0.384. The van der Waals surface area contributed by atoms with E-state index in [0.29, 0.717) is 18.5 Å². The number of ether oxygens (including phenoxy) is 3. The molecule has 9 nitrogen and oxygen atoms in total. The number of benzene rings is 2. The Labute approximate surface area is 196 Å². The topological polar surface area (TPSA) is 108 Å². The van der Waals surface area contributed by atoms with Crippen LogP contribution in [0.5, 0.6) is 5.75 Å². The van der Waals surface area contributed by atoms with Gasteiger partial charge in [-0.15, -0.1) is 0 Å². The Bertz CT molecular complexity index is 966. The van der Waals surface area contributed by atoms with Crippen LogP contribution in [0.15, 0.2) is 48.5 Å². The van der Waals surface area contributed by atoms with Crippen LogP contribution >= 0.6 is 11.8 Å². The van der Waals surface area contributed by atoms with Crippen molar-refractivity contribution < 1.29 is 28.7 Å². The quantitative estimate of drug-likeness (QED) is 0.303. The Morgan fingerprint density at radius 2 is 1.76 bits per heavy atom. The molecular formula is C23H26N2O7S. The SMILES string of the molecule is CCOC(=O)C1CC(SCc2ccc(OC)cc2)CN1C(=O)OCc1ccc([N+](=O)[O-])cc1. The number of rotatable bonds is 9. The maximum atomic E-state index is 12.8. The lowest BCUT2D eigenvalue weighted by Crippen LogP contribution is -2.41. The van der Waals surface area contributed by atoms with E-state index in [1.807, 2.05) is 24.3 Å². The smallest absolute Gasteiger partial charge is 0.410 e. The van der Waals surface area contributed by atoms with Crippen LogP contribution in [0.1, 0.15) is 24.5 Å². The lowest BCUT2D eigenvalue weighted by Gasteiger charge is -2.22. The van der Waals surface area contributed by atoms with E-state index in [9.17, 15) is 19.7 Å². The van der Waals surface area contributed by atoms with Crippen LogP contribution in [0.2, 0.25) is 0 Å². The Kier molecular flexibility index (Phi) is 8.53. The van der Waals surface area contributed by atoms with E-state index >= 15 is 0 Å². The summed E-state index contributed by atoms with van der Waals surface area (Å²) in [4.78, 5) is 36.9. The third-order valence-corrected chi connectivity index (χ3v) is 6.52. The standard InChI is InChI=1S/C23H26N2O7S/c1-3-31-22(26)21-12-20(33-15-17-6-10-19(30-2)11-7-17)13-24(21)23(27)32-14-16-4-8-18(9-5-16)25(28)29/h4-11,20-21H,3,12-15H2,1-2H3.